The van der Waals surface area contributed by atoms with Gasteiger partial charge >= 0.3 is 0 Å². The van der Waals surface area contributed by atoms with Crippen molar-refractivity contribution >= 4 is 17.3 Å². The number of piperidine rings is 1. The van der Waals surface area contributed by atoms with Gasteiger partial charge in [-0.15, -0.1) is 0 Å². The number of rotatable bonds is 2. The van der Waals surface area contributed by atoms with Gasteiger partial charge in [-0.05, 0) is 44.1 Å². The first kappa shape index (κ1) is 11.3. The van der Waals surface area contributed by atoms with Crippen molar-refractivity contribution < 1.29 is 9.53 Å². The summed E-state index contributed by atoms with van der Waals surface area (Å²) in [7, 11) is 0. The van der Waals surface area contributed by atoms with E-state index in [1.807, 2.05) is 18.2 Å². The summed E-state index contributed by atoms with van der Waals surface area (Å²) in [6, 6.07) is 6.34. The van der Waals surface area contributed by atoms with Crippen LogP contribution in [0.15, 0.2) is 18.2 Å². The third-order valence-corrected chi connectivity index (χ3v) is 3.32. The SMILES string of the molecule is O=C1COc2ccc(NC3CCNCC3)cc2N1. The van der Waals surface area contributed by atoms with Gasteiger partial charge in [0.15, 0.2) is 6.61 Å². The number of carbonyl (C=O) groups excluding carboxylic acids is 1. The maximum atomic E-state index is 11.3. The van der Waals surface area contributed by atoms with Crippen LogP contribution in [-0.2, 0) is 4.79 Å². The predicted octanol–water partition coefficient (Wildman–Crippen LogP) is 1.18. The molecule has 3 rings (SSSR count). The second kappa shape index (κ2) is 4.86. The Morgan fingerprint density at radius 2 is 2.11 bits per heavy atom. The Morgan fingerprint density at radius 3 is 2.94 bits per heavy atom. The lowest BCUT2D eigenvalue weighted by Gasteiger charge is -2.25. The summed E-state index contributed by atoms with van der Waals surface area (Å²) in [6.45, 7) is 2.22. The van der Waals surface area contributed by atoms with Crippen molar-refractivity contribution in [3.63, 3.8) is 0 Å². The van der Waals surface area contributed by atoms with E-state index in [1.54, 1.807) is 0 Å². The summed E-state index contributed by atoms with van der Waals surface area (Å²) >= 11 is 0. The second-order valence-electron chi connectivity index (χ2n) is 4.72. The third-order valence-electron chi connectivity index (χ3n) is 3.32. The van der Waals surface area contributed by atoms with Gasteiger partial charge in [-0.1, -0.05) is 0 Å². The second-order valence-corrected chi connectivity index (χ2v) is 4.72. The molecule has 0 radical (unpaired) electrons. The van der Waals surface area contributed by atoms with E-state index >= 15 is 0 Å². The van der Waals surface area contributed by atoms with E-state index in [2.05, 4.69) is 16.0 Å². The van der Waals surface area contributed by atoms with Crippen LogP contribution in [0.4, 0.5) is 11.4 Å². The monoisotopic (exact) mass is 247 g/mol. The van der Waals surface area contributed by atoms with Gasteiger partial charge in [0.1, 0.15) is 5.75 Å². The Bertz CT molecular complexity index is 456. The largest absolute Gasteiger partial charge is 0.482 e. The fourth-order valence-electron chi connectivity index (χ4n) is 2.37. The van der Waals surface area contributed by atoms with E-state index in [0.717, 1.165) is 43.1 Å². The normalized spacial score (nSPS) is 19.7. The molecule has 0 aromatic heterocycles. The van der Waals surface area contributed by atoms with Crippen molar-refractivity contribution in [2.75, 3.05) is 30.3 Å². The minimum Gasteiger partial charge on any atom is -0.482 e. The van der Waals surface area contributed by atoms with Gasteiger partial charge in [-0.2, -0.15) is 0 Å². The van der Waals surface area contributed by atoms with Crippen molar-refractivity contribution in [1.82, 2.24) is 5.32 Å². The fraction of sp³-hybridized carbons (Fsp3) is 0.462. The summed E-state index contributed by atoms with van der Waals surface area (Å²) in [5.74, 6) is 0.645. The van der Waals surface area contributed by atoms with Crippen LogP contribution in [0.5, 0.6) is 5.75 Å². The van der Waals surface area contributed by atoms with Crippen molar-refractivity contribution in [2.24, 2.45) is 0 Å². The summed E-state index contributed by atoms with van der Waals surface area (Å²) in [6.07, 6.45) is 2.25. The molecule has 2 aliphatic rings. The Morgan fingerprint density at radius 1 is 1.28 bits per heavy atom. The van der Waals surface area contributed by atoms with E-state index in [1.165, 1.54) is 0 Å². The zero-order valence-electron chi connectivity index (χ0n) is 10.2. The van der Waals surface area contributed by atoms with Crippen LogP contribution in [0.1, 0.15) is 12.8 Å². The molecule has 0 saturated carbocycles. The van der Waals surface area contributed by atoms with Crippen LogP contribution >= 0.6 is 0 Å². The van der Waals surface area contributed by atoms with E-state index in [4.69, 9.17) is 4.74 Å². The van der Waals surface area contributed by atoms with Gasteiger partial charge in [0, 0.05) is 11.7 Å². The van der Waals surface area contributed by atoms with Crippen LogP contribution in [0.3, 0.4) is 0 Å². The first-order chi connectivity index (χ1) is 8.81. The van der Waals surface area contributed by atoms with Gasteiger partial charge in [0.2, 0.25) is 0 Å². The van der Waals surface area contributed by atoms with Gasteiger partial charge in [0.25, 0.3) is 5.91 Å². The third kappa shape index (κ3) is 2.41. The number of benzene rings is 1. The molecule has 2 aliphatic heterocycles. The number of anilines is 2. The lowest BCUT2D eigenvalue weighted by molar-refractivity contribution is -0.118. The molecule has 2 heterocycles. The molecule has 3 N–H and O–H groups in total. The summed E-state index contributed by atoms with van der Waals surface area (Å²) in [4.78, 5) is 11.3. The minimum absolute atomic E-state index is 0.0958. The molecule has 96 valence electrons. The van der Waals surface area contributed by atoms with E-state index in [9.17, 15) is 4.79 Å². The molecule has 18 heavy (non-hydrogen) atoms. The van der Waals surface area contributed by atoms with Gasteiger partial charge in [-0.25, -0.2) is 0 Å². The number of hydrogen-bond acceptors (Lipinski definition) is 4. The van der Waals surface area contributed by atoms with Crippen molar-refractivity contribution in [3.8, 4) is 5.75 Å². The highest BCUT2D eigenvalue weighted by molar-refractivity contribution is 5.96. The molecule has 0 aliphatic carbocycles. The van der Waals surface area contributed by atoms with Crippen LogP contribution in [0, 0.1) is 0 Å². The first-order valence-corrected chi connectivity index (χ1v) is 6.35. The molecule has 1 aromatic carbocycles. The topological polar surface area (TPSA) is 62.4 Å². The lowest BCUT2D eigenvalue weighted by atomic mass is 10.1. The zero-order valence-corrected chi connectivity index (χ0v) is 10.2. The Hall–Kier alpha value is -1.75. The molecule has 0 spiro atoms. The van der Waals surface area contributed by atoms with Crippen molar-refractivity contribution in [1.29, 1.82) is 0 Å². The molecular formula is C13H17N3O2. The molecule has 1 aromatic rings. The number of hydrogen-bond donors (Lipinski definition) is 3. The van der Waals surface area contributed by atoms with Gasteiger partial charge in [-0.3, -0.25) is 4.79 Å². The number of fused-ring (bicyclic) bond motifs is 1. The maximum Gasteiger partial charge on any atom is 0.262 e. The van der Waals surface area contributed by atoms with Crippen LogP contribution in [0.2, 0.25) is 0 Å². The zero-order chi connectivity index (χ0) is 12.4. The number of nitrogens with one attached hydrogen (secondary N) is 3. The minimum atomic E-state index is -0.0958. The van der Waals surface area contributed by atoms with Gasteiger partial charge in [0.05, 0.1) is 5.69 Å². The number of ether oxygens (including phenoxy) is 1. The molecule has 1 fully saturated rings. The van der Waals surface area contributed by atoms with Crippen LogP contribution < -0.4 is 20.7 Å². The summed E-state index contributed by atoms with van der Waals surface area (Å²) in [5.41, 5.74) is 1.79. The lowest BCUT2D eigenvalue weighted by Crippen LogP contribution is -2.35. The first-order valence-electron chi connectivity index (χ1n) is 6.35. The predicted molar refractivity (Wildman–Crippen MR) is 70.1 cm³/mol. The molecule has 1 amide bonds. The average molecular weight is 247 g/mol. The summed E-state index contributed by atoms with van der Waals surface area (Å²) < 4.78 is 5.33. The van der Waals surface area contributed by atoms with E-state index < -0.39 is 0 Å². The quantitative estimate of drug-likeness (QED) is 0.734. The molecule has 0 unspecified atom stereocenters. The Labute approximate surface area is 106 Å². The average Bonchev–Trinajstić information content (AvgIpc) is 2.39. The number of amides is 1. The Kier molecular flexibility index (Phi) is 3.06. The number of carbonyl (C=O) groups is 1. The maximum absolute atomic E-state index is 11.3. The van der Waals surface area contributed by atoms with Crippen LogP contribution in [0.25, 0.3) is 0 Å². The van der Waals surface area contributed by atoms with E-state index in [-0.39, 0.29) is 12.5 Å². The molecule has 0 atom stereocenters. The smallest absolute Gasteiger partial charge is 0.262 e. The van der Waals surface area contributed by atoms with E-state index in [0.29, 0.717) is 6.04 Å². The standard InChI is InChI=1S/C13H17N3O2/c17-13-8-18-12-2-1-10(7-11(12)16-13)15-9-3-5-14-6-4-9/h1-2,7,9,14-15H,3-6,8H2,(H,16,17). The van der Waals surface area contributed by atoms with Crippen LogP contribution in [-0.4, -0.2) is 31.6 Å². The highest BCUT2D eigenvalue weighted by atomic mass is 16.5. The fourth-order valence-corrected chi connectivity index (χ4v) is 2.37. The highest BCUT2D eigenvalue weighted by Crippen LogP contribution is 2.30. The highest BCUT2D eigenvalue weighted by Gasteiger charge is 2.17. The van der Waals surface area contributed by atoms with Crippen molar-refractivity contribution in [2.45, 2.75) is 18.9 Å². The molecule has 5 nitrogen and oxygen atoms in total. The Balaban J connectivity index is 1.73. The van der Waals surface area contributed by atoms with Gasteiger partial charge < -0.3 is 20.7 Å². The molecule has 1 saturated heterocycles. The van der Waals surface area contributed by atoms with Crippen molar-refractivity contribution in [3.05, 3.63) is 18.2 Å². The summed E-state index contributed by atoms with van der Waals surface area (Å²) in [5, 5.41) is 9.66. The molecule has 5 heteroatoms. The molecule has 0 bridgehead atoms. The molecular weight excluding hydrogens is 230 g/mol.